The first-order valence-corrected chi connectivity index (χ1v) is 8.56. The summed E-state index contributed by atoms with van der Waals surface area (Å²) in [5.74, 6) is -0.616. The molecule has 1 aromatic carbocycles. The van der Waals surface area contributed by atoms with Crippen LogP contribution in [0, 0.1) is 0 Å². The molecular formula is C15H20ClN3O4S. The lowest BCUT2D eigenvalue weighted by molar-refractivity contribution is 0.0596. The number of pyridine rings is 1. The van der Waals surface area contributed by atoms with Crippen molar-refractivity contribution in [3.8, 4) is 0 Å². The van der Waals surface area contributed by atoms with E-state index in [9.17, 15) is 13.2 Å². The molecule has 0 fully saturated rings. The molecule has 1 aromatic heterocycles. The number of fused-ring (bicyclic) bond motifs is 1. The van der Waals surface area contributed by atoms with E-state index in [2.05, 4.69) is 14.4 Å². The zero-order valence-corrected chi connectivity index (χ0v) is 15.0. The number of nitrogens with one attached hydrogen (secondary N) is 1. The third-order valence-electron chi connectivity index (χ3n) is 3.33. The van der Waals surface area contributed by atoms with Crippen molar-refractivity contribution >= 4 is 39.2 Å². The van der Waals surface area contributed by atoms with Crippen molar-refractivity contribution in [2.24, 2.45) is 5.73 Å². The predicted octanol–water partition coefficient (Wildman–Crippen LogP) is 1.46. The maximum absolute atomic E-state index is 12.5. The van der Waals surface area contributed by atoms with E-state index in [1.807, 2.05) is 0 Å². The first-order valence-electron chi connectivity index (χ1n) is 7.08. The maximum atomic E-state index is 12.5. The number of hydrogen-bond donors (Lipinski definition) is 2. The van der Waals surface area contributed by atoms with Gasteiger partial charge in [-0.2, -0.15) is 0 Å². The molecule has 1 heterocycles. The van der Waals surface area contributed by atoms with Gasteiger partial charge >= 0.3 is 5.97 Å². The van der Waals surface area contributed by atoms with Gasteiger partial charge in [0.2, 0.25) is 10.0 Å². The van der Waals surface area contributed by atoms with Gasteiger partial charge in [-0.15, -0.1) is 12.4 Å². The molecule has 0 aliphatic carbocycles. The second kappa shape index (κ2) is 8.39. The van der Waals surface area contributed by atoms with E-state index in [0.717, 1.165) is 0 Å². The highest BCUT2D eigenvalue weighted by Gasteiger charge is 2.20. The van der Waals surface area contributed by atoms with Crippen molar-refractivity contribution < 1.29 is 17.9 Å². The molecule has 2 rings (SSSR count). The number of esters is 1. The molecule has 0 bridgehead atoms. The molecule has 0 aliphatic rings. The van der Waals surface area contributed by atoms with Crippen LogP contribution in [0.2, 0.25) is 0 Å². The second-order valence-corrected chi connectivity index (χ2v) is 6.90. The SMILES string of the molecule is COC(=O)c1nccc2c(S(=O)(=O)NCCC(C)N)cccc12.Cl. The van der Waals surface area contributed by atoms with Crippen molar-refractivity contribution in [3.05, 3.63) is 36.2 Å². The molecule has 0 amide bonds. The number of carbonyl (C=O) groups excluding carboxylic acids is 1. The summed E-state index contributed by atoms with van der Waals surface area (Å²) < 4.78 is 32.2. The van der Waals surface area contributed by atoms with Gasteiger partial charge in [-0.25, -0.2) is 22.9 Å². The van der Waals surface area contributed by atoms with Crippen LogP contribution in [-0.4, -0.2) is 39.1 Å². The highest BCUT2D eigenvalue weighted by atomic mass is 35.5. The van der Waals surface area contributed by atoms with Crippen LogP contribution in [0.1, 0.15) is 23.8 Å². The molecule has 24 heavy (non-hydrogen) atoms. The van der Waals surface area contributed by atoms with Crippen molar-refractivity contribution in [2.75, 3.05) is 13.7 Å². The van der Waals surface area contributed by atoms with Gasteiger partial charge in [-0.05, 0) is 25.5 Å². The minimum absolute atomic E-state index is 0. The molecule has 0 saturated carbocycles. The third kappa shape index (κ3) is 4.41. The molecule has 0 saturated heterocycles. The van der Waals surface area contributed by atoms with Gasteiger partial charge in [0, 0.05) is 29.6 Å². The fourth-order valence-corrected chi connectivity index (χ4v) is 3.44. The Morgan fingerprint density at radius 1 is 1.33 bits per heavy atom. The van der Waals surface area contributed by atoms with Gasteiger partial charge in [-0.3, -0.25) is 0 Å². The van der Waals surface area contributed by atoms with E-state index < -0.39 is 16.0 Å². The monoisotopic (exact) mass is 373 g/mol. The summed E-state index contributed by atoms with van der Waals surface area (Å²) in [5, 5.41) is 0.839. The number of ether oxygens (including phenoxy) is 1. The standard InChI is InChI=1S/C15H19N3O4S.ClH/c1-10(16)6-9-18-23(20,21)13-5-3-4-12-11(13)7-8-17-14(12)15(19)22-2;/h3-5,7-8,10,18H,6,9,16H2,1-2H3;1H. The molecule has 132 valence electrons. The molecule has 1 unspecified atom stereocenters. The molecule has 0 radical (unpaired) electrons. The number of rotatable bonds is 6. The summed E-state index contributed by atoms with van der Waals surface area (Å²) in [5.41, 5.74) is 5.71. The van der Waals surface area contributed by atoms with Crippen molar-refractivity contribution in [1.29, 1.82) is 0 Å². The summed E-state index contributed by atoms with van der Waals surface area (Å²) in [4.78, 5) is 15.8. The lowest BCUT2D eigenvalue weighted by Crippen LogP contribution is -2.29. The molecule has 3 N–H and O–H groups in total. The Labute approximate surface area is 147 Å². The molecule has 0 aliphatic heterocycles. The Morgan fingerprint density at radius 2 is 2.04 bits per heavy atom. The maximum Gasteiger partial charge on any atom is 0.357 e. The van der Waals surface area contributed by atoms with Crippen LogP contribution in [0.5, 0.6) is 0 Å². The van der Waals surface area contributed by atoms with Crippen LogP contribution >= 0.6 is 12.4 Å². The van der Waals surface area contributed by atoms with Gasteiger partial charge in [0.15, 0.2) is 5.69 Å². The fraction of sp³-hybridized carbons (Fsp3) is 0.333. The largest absolute Gasteiger partial charge is 0.464 e. The number of nitrogens with zero attached hydrogens (tertiary/aromatic N) is 1. The van der Waals surface area contributed by atoms with Crippen LogP contribution in [0.25, 0.3) is 10.8 Å². The minimum Gasteiger partial charge on any atom is -0.464 e. The number of hydrogen-bond acceptors (Lipinski definition) is 6. The summed E-state index contributed by atoms with van der Waals surface area (Å²) in [6.45, 7) is 2.05. The number of nitrogens with two attached hydrogens (primary N) is 1. The lowest BCUT2D eigenvalue weighted by Gasteiger charge is -2.11. The van der Waals surface area contributed by atoms with Gasteiger partial charge in [0.1, 0.15) is 0 Å². The average molecular weight is 374 g/mol. The first-order chi connectivity index (χ1) is 10.9. The molecule has 2 aromatic rings. The number of sulfonamides is 1. The van der Waals surface area contributed by atoms with Crippen molar-refractivity contribution in [2.45, 2.75) is 24.3 Å². The van der Waals surface area contributed by atoms with Gasteiger partial charge in [0.05, 0.1) is 12.0 Å². The predicted molar refractivity (Wildman–Crippen MR) is 93.8 cm³/mol. The summed E-state index contributed by atoms with van der Waals surface area (Å²) >= 11 is 0. The highest BCUT2D eigenvalue weighted by molar-refractivity contribution is 7.89. The summed E-state index contributed by atoms with van der Waals surface area (Å²) in [6.07, 6.45) is 1.91. The number of halogens is 1. The quantitative estimate of drug-likeness (QED) is 0.741. The van der Waals surface area contributed by atoms with E-state index in [-0.39, 0.29) is 35.6 Å². The Bertz CT molecular complexity index is 825. The van der Waals surface area contributed by atoms with Crippen LogP contribution in [-0.2, 0) is 14.8 Å². The Hall–Kier alpha value is -1.74. The van der Waals surface area contributed by atoms with Gasteiger partial charge in [0.25, 0.3) is 0 Å². The second-order valence-electron chi connectivity index (χ2n) is 5.17. The van der Waals surface area contributed by atoms with E-state index in [1.165, 1.54) is 19.4 Å². The van der Waals surface area contributed by atoms with E-state index >= 15 is 0 Å². The zero-order valence-electron chi connectivity index (χ0n) is 13.4. The minimum atomic E-state index is -3.72. The lowest BCUT2D eigenvalue weighted by atomic mass is 10.1. The number of methoxy groups -OCH3 is 1. The first kappa shape index (κ1) is 20.3. The highest BCUT2D eigenvalue weighted by Crippen LogP contribution is 2.24. The molecule has 1 atom stereocenters. The van der Waals surface area contributed by atoms with Gasteiger partial charge < -0.3 is 10.5 Å². The normalized spacial score (nSPS) is 12.5. The average Bonchev–Trinajstić information content (AvgIpc) is 2.52. The van der Waals surface area contributed by atoms with Crippen molar-refractivity contribution in [1.82, 2.24) is 9.71 Å². The molecule has 7 nitrogen and oxygen atoms in total. The van der Waals surface area contributed by atoms with Crippen LogP contribution < -0.4 is 10.5 Å². The summed E-state index contributed by atoms with van der Waals surface area (Å²) in [7, 11) is -2.47. The Kier molecular flexibility index (Phi) is 7.09. The Balaban J connectivity index is 0.00000288. The van der Waals surface area contributed by atoms with Crippen LogP contribution in [0.4, 0.5) is 0 Å². The third-order valence-corrected chi connectivity index (χ3v) is 4.85. The molecule has 0 spiro atoms. The van der Waals surface area contributed by atoms with Crippen LogP contribution in [0.3, 0.4) is 0 Å². The smallest absolute Gasteiger partial charge is 0.357 e. The fourth-order valence-electron chi connectivity index (χ4n) is 2.17. The van der Waals surface area contributed by atoms with E-state index in [4.69, 9.17) is 5.73 Å². The van der Waals surface area contributed by atoms with E-state index in [0.29, 0.717) is 17.2 Å². The summed E-state index contributed by atoms with van der Waals surface area (Å²) in [6, 6.07) is 6.14. The zero-order chi connectivity index (χ0) is 17.0. The number of carbonyl (C=O) groups is 1. The molecular weight excluding hydrogens is 354 g/mol. The van der Waals surface area contributed by atoms with Crippen LogP contribution in [0.15, 0.2) is 35.4 Å². The van der Waals surface area contributed by atoms with E-state index in [1.54, 1.807) is 25.1 Å². The van der Waals surface area contributed by atoms with Gasteiger partial charge in [-0.1, -0.05) is 12.1 Å². The Morgan fingerprint density at radius 3 is 2.67 bits per heavy atom. The number of benzene rings is 1. The topological polar surface area (TPSA) is 111 Å². The molecule has 9 heteroatoms. The van der Waals surface area contributed by atoms with Crippen molar-refractivity contribution in [3.63, 3.8) is 0 Å². The number of aromatic nitrogens is 1.